The molecule has 2 atom stereocenters. The number of fused-ring (bicyclic) bond motifs is 1. The number of nitrogens with two attached hydrogens (primary N) is 1. The van der Waals surface area contributed by atoms with Crippen LogP contribution in [-0.4, -0.2) is 50.6 Å². The lowest BCUT2D eigenvalue weighted by Gasteiger charge is -2.24. The van der Waals surface area contributed by atoms with E-state index in [4.69, 9.17) is 15.9 Å². The van der Waals surface area contributed by atoms with Gasteiger partial charge in [0.15, 0.2) is 0 Å². The molecule has 11 nitrogen and oxygen atoms in total. The SMILES string of the molecule is Nc1nc2c(c(=O)[nH]1)CC(CCc1ccc(C(=O)N[C@H](CCC(=O)O)C(=O)O)cc1)CN2. The Morgan fingerprint density at radius 1 is 1.22 bits per heavy atom. The minimum atomic E-state index is -1.28. The highest BCUT2D eigenvalue weighted by Crippen LogP contribution is 2.23. The highest BCUT2D eigenvalue weighted by atomic mass is 16.4. The molecule has 0 aliphatic carbocycles. The number of hydrogen-bond acceptors (Lipinski definition) is 7. The second kappa shape index (κ2) is 9.94. The van der Waals surface area contributed by atoms with E-state index in [-0.39, 0.29) is 30.3 Å². The molecule has 2 heterocycles. The predicted octanol–water partition coefficient (Wildman–Crippen LogP) is 0.617. The number of amides is 1. The summed E-state index contributed by atoms with van der Waals surface area (Å²) in [6.07, 6.45) is 1.60. The van der Waals surface area contributed by atoms with Crippen molar-refractivity contribution in [1.29, 1.82) is 0 Å². The number of aryl methyl sites for hydroxylation is 1. The molecule has 0 saturated carbocycles. The number of H-pyrrole nitrogens is 1. The lowest BCUT2D eigenvalue weighted by Crippen LogP contribution is -2.41. The molecule has 3 rings (SSSR count). The van der Waals surface area contributed by atoms with Crippen molar-refractivity contribution < 1.29 is 24.6 Å². The van der Waals surface area contributed by atoms with Crippen LogP contribution in [-0.2, 0) is 22.4 Å². The Hall–Kier alpha value is -3.89. The van der Waals surface area contributed by atoms with Gasteiger partial charge in [-0.2, -0.15) is 4.98 Å². The Balaban J connectivity index is 1.54. The van der Waals surface area contributed by atoms with Gasteiger partial charge in [0.05, 0.1) is 5.56 Å². The summed E-state index contributed by atoms with van der Waals surface area (Å²) < 4.78 is 0. The Kier molecular flexibility index (Phi) is 7.08. The topological polar surface area (TPSA) is 187 Å². The number of nitrogens with zero attached hydrogens (tertiary/aromatic N) is 1. The number of anilines is 2. The van der Waals surface area contributed by atoms with Crippen molar-refractivity contribution in [3.8, 4) is 0 Å². The molecular weight excluding hydrogens is 418 g/mol. The van der Waals surface area contributed by atoms with Crippen molar-refractivity contribution in [2.75, 3.05) is 17.6 Å². The number of nitrogen functional groups attached to an aromatic ring is 1. The van der Waals surface area contributed by atoms with Crippen LogP contribution in [0.15, 0.2) is 29.1 Å². The second-order valence-electron chi connectivity index (χ2n) is 7.76. The summed E-state index contributed by atoms with van der Waals surface area (Å²) in [6.45, 7) is 0.677. The molecule has 32 heavy (non-hydrogen) atoms. The number of benzene rings is 1. The zero-order valence-corrected chi connectivity index (χ0v) is 17.3. The molecule has 170 valence electrons. The summed E-state index contributed by atoms with van der Waals surface area (Å²) in [7, 11) is 0. The van der Waals surface area contributed by atoms with Gasteiger partial charge in [0.2, 0.25) is 5.95 Å². The fourth-order valence-electron chi connectivity index (χ4n) is 3.62. The third-order valence-electron chi connectivity index (χ3n) is 5.39. The van der Waals surface area contributed by atoms with Crippen LogP contribution in [0.1, 0.15) is 40.7 Å². The number of carboxylic acid groups (broad SMARTS) is 2. The third-order valence-corrected chi connectivity index (χ3v) is 5.39. The zero-order chi connectivity index (χ0) is 23.3. The number of rotatable bonds is 9. The maximum absolute atomic E-state index is 12.3. The summed E-state index contributed by atoms with van der Waals surface area (Å²) in [5.41, 5.74) is 7.22. The molecule has 11 heteroatoms. The maximum Gasteiger partial charge on any atom is 0.326 e. The number of hydrogen-bond donors (Lipinski definition) is 6. The van der Waals surface area contributed by atoms with E-state index in [0.717, 1.165) is 18.4 Å². The summed E-state index contributed by atoms with van der Waals surface area (Å²) >= 11 is 0. The maximum atomic E-state index is 12.3. The van der Waals surface area contributed by atoms with Crippen LogP contribution in [0.25, 0.3) is 0 Å². The van der Waals surface area contributed by atoms with E-state index in [2.05, 4.69) is 20.6 Å². The van der Waals surface area contributed by atoms with E-state index in [1.54, 1.807) is 24.3 Å². The normalized spacial score (nSPS) is 15.8. The molecule has 0 radical (unpaired) electrons. The highest BCUT2D eigenvalue weighted by molar-refractivity contribution is 5.96. The van der Waals surface area contributed by atoms with Gasteiger partial charge < -0.3 is 26.6 Å². The van der Waals surface area contributed by atoms with Gasteiger partial charge in [-0.05, 0) is 49.3 Å². The lowest BCUT2D eigenvalue weighted by molar-refractivity contribution is -0.140. The quantitative estimate of drug-likeness (QED) is 0.323. The lowest BCUT2D eigenvalue weighted by atomic mass is 9.91. The molecule has 1 amide bonds. The van der Waals surface area contributed by atoms with Crippen LogP contribution < -0.4 is 21.9 Å². The molecule has 0 saturated heterocycles. The molecule has 1 aliphatic heterocycles. The Morgan fingerprint density at radius 3 is 2.59 bits per heavy atom. The average Bonchev–Trinajstić information content (AvgIpc) is 2.75. The predicted molar refractivity (Wildman–Crippen MR) is 115 cm³/mol. The van der Waals surface area contributed by atoms with E-state index in [0.29, 0.717) is 29.9 Å². The van der Waals surface area contributed by atoms with Crippen molar-refractivity contribution in [1.82, 2.24) is 15.3 Å². The number of carbonyl (C=O) groups excluding carboxylic acids is 1. The van der Waals surface area contributed by atoms with Crippen molar-refractivity contribution in [2.24, 2.45) is 5.92 Å². The smallest absolute Gasteiger partial charge is 0.326 e. The summed E-state index contributed by atoms with van der Waals surface area (Å²) in [5.74, 6) is -2.13. The monoisotopic (exact) mass is 443 g/mol. The second-order valence-corrected chi connectivity index (χ2v) is 7.76. The van der Waals surface area contributed by atoms with Gasteiger partial charge in [0.1, 0.15) is 11.9 Å². The van der Waals surface area contributed by atoms with E-state index < -0.39 is 23.9 Å². The van der Waals surface area contributed by atoms with Crippen LogP contribution in [0.4, 0.5) is 11.8 Å². The first-order valence-electron chi connectivity index (χ1n) is 10.2. The molecule has 0 bridgehead atoms. The average molecular weight is 443 g/mol. The third kappa shape index (κ3) is 5.84. The molecule has 2 aromatic rings. The molecule has 1 unspecified atom stereocenters. The molecule has 1 aliphatic rings. The number of aliphatic carboxylic acids is 2. The zero-order valence-electron chi connectivity index (χ0n) is 17.3. The fraction of sp³-hybridized carbons (Fsp3) is 0.381. The first-order chi connectivity index (χ1) is 15.2. The Labute approximate surface area is 183 Å². The van der Waals surface area contributed by atoms with Crippen LogP contribution >= 0.6 is 0 Å². The number of aromatic amines is 1. The number of carbonyl (C=O) groups is 3. The Bertz CT molecular complexity index is 1070. The largest absolute Gasteiger partial charge is 0.481 e. The van der Waals surface area contributed by atoms with Gasteiger partial charge >= 0.3 is 11.9 Å². The van der Waals surface area contributed by atoms with Crippen molar-refractivity contribution >= 4 is 29.6 Å². The van der Waals surface area contributed by atoms with E-state index in [1.165, 1.54) is 0 Å². The summed E-state index contributed by atoms with van der Waals surface area (Å²) in [4.78, 5) is 52.9. The van der Waals surface area contributed by atoms with Crippen molar-refractivity contribution in [2.45, 2.75) is 38.1 Å². The number of aromatic nitrogens is 2. The van der Waals surface area contributed by atoms with Crippen LogP contribution in [0.2, 0.25) is 0 Å². The first-order valence-corrected chi connectivity index (χ1v) is 10.2. The highest BCUT2D eigenvalue weighted by Gasteiger charge is 2.23. The van der Waals surface area contributed by atoms with Crippen molar-refractivity contribution in [3.05, 3.63) is 51.3 Å². The van der Waals surface area contributed by atoms with Crippen LogP contribution in [0.3, 0.4) is 0 Å². The van der Waals surface area contributed by atoms with Crippen LogP contribution in [0, 0.1) is 5.92 Å². The summed E-state index contributed by atoms with van der Waals surface area (Å²) in [5, 5.41) is 23.4. The minimum absolute atomic E-state index is 0.0837. The van der Waals surface area contributed by atoms with Gasteiger partial charge in [0.25, 0.3) is 11.5 Å². The van der Waals surface area contributed by atoms with Gasteiger partial charge in [-0.25, -0.2) is 4.79 Å². The summed E-state index contributed by atoms with van der Waals surface area (Å²) in [6, 6.07) is 5.52. The van der Waals surface area contributed by atoms with Crippen molar-refractivity contribution in [3.63, 3.8) is 0 Å². The van der Waals surface area contributed by atoms with E-state index >= 15 is 0 Å². The molecular formula is C21H25N5O6. The standard InChI is InChI=1S/C21H25N5O6/c22-21-25-17-14(19(30)26-21)9-12(10-23-17)2-1-11-3-5-13(6-4-11)18(29)24-15(20(31)32)7-8-16(27)28/h3-6,12,15H,1-2,7-10H2,(H,24,29)(H,27,28)(H,31,32)(H4,22,23,25,26,30)/t12?,15-/m1/s1. The molecule has 1 aromatic carbocycles. The molecule has 0 spiro atoms. The number of nitrogens with one attached hydrogen (secondary N) is 3. The molecule has 7 N–H and O–H groups in total. The van der Waals surface area contributed by atoms with Gasteiger partial charge in [-0.15, -0.1) is 0 Å². The molecule has 0 fully saturated rings. The van der Waals surface area contributed by atoms with Gasteiger partial charge in [0, 0.05) is 18.5 Å². The molecule has 1 aromatic heterocycles. The van der Waals surface area contributed by atoms with Crippen LogP contribution in [0.5, 0.6) is 0 Å². The van der Waals surface area contributed by atoms with E-state index in [9.17, 15) is 19.2 Å². The Morgan fingerprint density at radius 2 is 1.94 bits per heavy atom. The number of carboxylic acids is 2. The first kappa shape index (κ1) is 22.8. The fourth-order valence-corrected chi connectivity index (χ4v) is 3.62. The van der Waals surface area contributed by atoms with Gasteiger partial charge in [-0.1, -0.05) is 12.1 Å². The van der Waals surface area contributed by atoms with E-state index in [1.807, 2.05) is 0 Å². The van der Waals surface area contributed by atoms with Gasteiger partial charge in [-0.3, -0.25) is 19.4 Å². The minimum Gasteiger partial charge on any atom is -0.481 e.